The van der Waals surface area contributed by atoms with Gasteiger partial charge in [0.15, 0.2) is 11.6 Å². The van der Waals surface area contributed by atoms with E-state index in [1.807, 2.05) is 0 Å². The quantitative estimate of drug-likeness (QED) is 0.140. The van der Waals surface area contributed by atoms with Gasteiger partial charge in [-0.3, -0.25) is 9.59 Å². The number of phenolic OH excluding ortho intramolecular Hbond substituents is 2. The fourth-order valence-electron chi connectivity index (χ4n) is 3.93. The summed E-state index contributed by atoms with van der Waals surface area (Å²) in [6.07, 6.45) is 0.00596. The summed E-state index contributed by atoms with van der Waals surface area (Å²) in [4.78, 5) is 37.8. The van der Waals surface area contributed by atoms with Gasteiger partial charge in [0.05, 0.1) is 25.3 Å². The van der Waals surface area contributed by atoms with Gasteiger partial charge in [-0.2, -0.15) is 0 Å². The zero-order valence-corrected chi connectivity index (χ0v) is 26.0. The van der Waals surface area contributed by atoms with Crippen molar-refractivity contribution in [2.75, 3.05) is 14.2 Å². The first-order valence-electron chi connectivity index (χ1n) is 12.3. The third-order valence-electron chi connectivity index (χ3n) is 6.02. The summed E-state index contributed by atoms with van der Waals surface area (Å²) >= 11 is 0. The van der Waals surface area contributed by atoms with Crippen LogP contribution in [-0.2, 0) is 17.4 Å². The average Bonchev–Trinajstić information content (AvgIpc) is 2.93. The maximum Gasteiger partial charge on any atom is 1.00 e. The van der Waals surface area contributed by atoms with Gasteiger partial charge >= 0.3 is 37.4 Å². The molecule has 4 rings (SSSR count). The molecule has 0 spiro atoms. The number of ether oxygens (including phenoxy) is 2. The number of methoxy groups -OCH3 is 2. The summed E-state index contributed by atoms with van der Waals surface area (Å²) in [6, 6.07) is 20.6. The summed E-state index contributed by atoms with van der Waals surface area (Å²) in [7, 11) is -1.99. The van der Waals surface area contributed by atoms with Gasteiger partial charge in [0.25, 0.3) is 0 Å². The second-order valence-corrected chi connectivity index (χ2v) is 10.1. The van der Waals surface area contributed by atoms with E-state index in [4.69, 9.17) is 18.5 Å². The molecule has 10 nitrogen and oxygen atoms in total. The second kappa shape index (κ2) is 14.4. The van der Waals surface area contributed by atoms with Gasteiger partial charge in [-0.25, -0.2) is 4.57 Å². The Morgan fingerprint density at radius 2 is 0.976 bits per heavy atom. The van der Waals surface area contributed by atoms with Crippen molar-refractivity contribution in [3.63, 3.8) is 0 Å². The third-order valence-corrected chi connectivity index (χ3v) is 6.89. The van der Waals surface area contributed by atoms with Gasteiger partial charge in [-0.05, 0) is 59.7 Å². The van der Waals surface area contributed by atoms with Gasteiger partial charge in [0.1, 0.15) is 34.5 Å². The molecule has 4 aromatic rings. The van der Waals surface area contributed by atoms with E-state index in [1.165, 1.54) is 38.5 Å². The Balaban J connectivity index is 0.00000484. The number of phenols is 2. The second-order valence-electron chi connectivity index (χ2n) is 8.88. The minimum Gasteiger partial charge on any atom is -0.736 e. The number of hydrogen-bond donors (Lipinski definition) is 2. The maximum absolute atomic E-state index is 12.6. The van der Waals surface area contributed by atoms with Crippen molar-refractivity contribution in [1.82, 2.24) is 0 Å². The fourth-order valence-corrected chi connectivity index (χ4v) is 4.71. The topological polar surface area (TPSA) is 152 Å². The van der Waals surface area contributed by atoms with Crippen molar-refractivity contribution in [2.45, 2.75) is 12.8 Å². The standard InChI is InChI=1S/C30H27O10P.Na/c1-37-21-7-3-19(4-8-21)15-27(31)25-13-11-23(17-29(25)33)39-41(35,36)40-24-12-14-26(30(34)18-24)28(32)16-20-5-9-22(38-2)10-6-20;/h3-14,17-18,33-34H,15-16H2,1-2H3,(H,35,36);/q;+1/p-1. The Morgan fingerprint density at radius 1 is 0.643 bits per heavy atom. The van der Waals surface area contributed by atoms with Gasteiger partial charge < -0.3 is 33.6 Å². The van der Waals surface area contributed by atoms with Crippen molar-refractivity contribution in [3.05, 3.63) is 107 Å². The summed E-state index contributed by atoms with van der Waals surface area (Å²) in [5.74, 6) is -1.04. The molecule has 212 valence electrons. The number of rotatable bonds is 12. The Morgan fingerprint density at radius 3 is 1.29 bits per heavy atom. The van der Waals surface area contributed by atoms with Crippen molar-refractivity contribution in [3.8, 4) is 34.5 Å². The van der Waals surface area contributed by atoms with Gasteiger partial charge in [-0.15, -0.1) is 0 Å². The molecule has 2 N–H and O–H groups in total. The van der Waals surface area contributed by atoms with E-state index >= 15 is 0 Å². The maximum atomic E-state index is 12.6. The Kier molecular flexibility index (Phi) is 11.2. The molecule has 12 heteroatoms. The first kappa shape index (κ1) is 32.7. The number of phosphoric ester groups is 1. The normalized spacial score (nSPS) is 10.7. The Labute approximate surface area is 264 Å². The number of phosphoric acid groups is 1. The number of hydrogen-bond acceptors (Lipinski definition) is 10. The minimum absolute atomic E-state index is 0. The van der Waals surface area contributed by atoms with Crippen LogP contribution in [0.2, 0.25) is 0 Å². The van der Waals surface area contributed by atoms with E-state index in [1.54, 1.807) is 48.5 Å². The molecule has 42 heavy (non-hydrogen) atoms. The first-order valence-corrected chi connectivity index (χ1v) is 13.7. The summed E-state index contributed by atoms with van der Waals surface area (Å²) < 4.78 is 32.5. The van der Waals surface area contributed by atoms with E-state index < -0.39 is 30.9 Å². The fraction of sp³-hybridized carbons (Fsp3) is 0.133. The van der Waals surface area contributed by atoms with Crippen LogP contribution in [0.4, 0.5) is 0 Å². The van der Waals surface area contributed by atoms with Crippen molar-refractivity contribution >= 4 is 19.4 Å². The molecule has 0 aliphatic heterocycles. The zero-order valence-electron chi connectivity index (χ0n) is 23.1. The minimum atomic E-state index is -5.04. The predicted octanol–water partition coefficient (Wildman–Crippen LogP) is 1.90. The van der Waals surface area contributed by atoms with E-state index in [0.29, 0.717) is 22.6 Å². The molecule has 0 heterocycles. The largest absolute Gasteiger partial charge is 1.00 e. The molecule has 0 atom stereocenters. The number of carbonyl (C=O) groups excluding carboxylic acids is 2. The predicted molar refractivity (Wildman–Crippen MR) is 147 cm³/mol. The molecule has 0 saturated carbocycles. The van der Waals surface area contributed by atoms with Crippen LogP contribution in [0, 0.1) is 0 Å². The molecule has 0 aliphatic rings. The molecule has 0 amide bonds. The van der Waals surface area contributed by atoms with Crippen LogP contribution in [0.3, 0.4) is 0 Å². The van der Waals surface area contributed by atoms with Gasteiger partial charge in [0.2, 0.25) is 0 Å². The summed E-state index contributed by atoms with van der Waals surface area (Å²) in [5, 5.41) is 20.7. The van der Waals surface area contributed by atoms with Crippen LogP contribution in [0.25, 0.3) is 0 Å². The van der Waals surface area contributed by atoms with E-state index in [0.717, 1.165) is 12.1 Å². The number of Topliss-reactive ketones (excluding diaryl/α,β-unsaturated/α-hetero) is 2. The molecule has 0 fully saturated rings. The molecule has 4 aromatic carbocycles. The van der Waals surface area contributed by atoms with Crippen LogP contribution < -0.4 is 53.0 Å². The van der Waals surface area contributed by atoms with Crippen molar-refractivity contribution < 1.29 is 77.3 Å². The van der Waals surface area contributed by atoms with Crippen molar-refractivity contribution in [2.24, 2.45) is 0 Å². The molecule has 0 bridgehead atoms. The summed E-state index contributed by atoms with van der Waals surface area (Å²) in [5.41, 5.74) is 1.36. The van der Waals surface area contributed by atoms with Crippen LogP contribution >= 0.6 is 7.82 Å². The third kappa shape index (κ3) is 8.61. The molecule has 0 unspecified atom stereocenters. The van der Waals surface area contributed by atoms with E-state index in [-0.39, 0.29) is 65.0 Å². The first-order chi connectivity index (χ1) is 19.6. The number of aromatic hydroxyl groups is 2. The number of benzene rings is 4. The molecular weight excluding hydrogens is 574 g/mol. The molecule has 0 radical (unpaired) electrons. The average molecular weight is 600 g/mol. The Bertz CT molecular complexity index is 1490. The van der Waals surface area contributed by atoms with Crippen LogP contribution in [-0.4, -0.2) is 36.0 Å². The molecular formula is C30H26NaO10P. The number of carbonyl (C=O) groups is 2. The summed E-state index contributed by atoms with van der Waals surface area (Å²) in [6.45, 7) is 0. The molecule has 0 aromatic heterocycles. The smallest absolute Gasteiger partial charge is 0.736 e. The van der Waals surface area contributed by atoms with E-state index in [2.05, 4.69) is 0 Å². The molecule has 0 saturated heterocycles. The SMILES string of the molecule is COc1ccc(CC(=O)c2ccc(OP(=O)([O-])Oc3ccc(C(=O)Cc4ccc(OC)cc4)c(O)c3)cc2O)cc1.[Na+]. The van der Waals surface area contributed by atoms with Crippen molar-refractivity contribution in [1.29, 1.82) is 0 Å². The van der Waals surface area contributed by atoms with Gasteiger partial charge in [-0.1, -0.05) is 24.3 Å². The Hall–Kier alpha value is -3.79. The van der Waals surface area contributed by atoms with Crippen LogP contribution in [0.5, 0.6) is 34.5 Å². The molecule has 0 aliphatic carbocycles. The van der Waals surface area contributed by atoms with E-state index in [9.17, 15) is 29.3 Å². The van der Waals surface area contributed by atoms with Crippen LogP contribution in [0.15, 0.2) is 84.9 Å². The van der Waals surface area contributed by atoms with Gasteiger partial charge in [0, 0.05) is 25.0 Å². The number of ketones is 2. The zero-order chi connectivity index (χ0) is 29.6. The monoisotopic (exact) mass is 600 g/mol. The van der Waals surface area contributed by atoms with Crippen LogP contribution in [0.1, 0.15) is 31.8 Å².